The quantitative estimate of drug-likeness (QED) is 0.361. The van der Waals surface area contributed by atoms with E-state index in [1.54, 1.807) is 6.20 Å². The van der Waals surface area contributed by atoms with Gasteiger partial charge in [0.15, 0.2) is 0 Å². The Morgan fingerprint density at radius 2 is 2.35 bits per heavy atom. The fourth-order valence-electron chi connectivity index (χ4n) is 1.67. The summed E-state index contributed by atoms with van der Waals surface area (Å²) in [5, 5.41) is 21.5. The van der Waals surface area contributed by atoms with Crippen LogP contribution in [0, 0.1) is 6.92 Å². The molecule has 20 heavy (non-hydrogen) atoms. The van der Waals surface area contributed by atoms with Gasteiger partial charge >= 0.3 is 0 Å². The summed E-state index contributed by atoms with van der Waals surface area (Å²) in [6, 6.07) is 3.89. The average Bonchev–Trinajstić information content (AvgIpc) is 2.90. The van der Waals surface area contributed by atoms with Crippen molar-refractivity contribution in [1.82, 2.24) is 15.2 Å². The van der Waals surface area contributed by atoms with Gasteiger partial charge in [-0.15, -0.1) is 10.2 Å². The van der Waals surface area contributed by atoms with Gasteiger partial charge in [-0.05, 0) is 18.6 Å². The number of rotatable bonds is 6. The highest BCUT2D eigenvalue weighted by molar-refractivity contribution is 7.15. The van der Waals surface area contributed by atoms with Crippen LogP contribution in [0.3, 0.4) is 0 Å². The van der Waals surface area contributed by atoms with Crippen LogP contribution in [0.25, 0.3) is 0 Å². The SMILES string of the molecule is Cc1nnc(N(CCC(N)=NO)Cc2cccnc2)s1. The van der Waals surface area contributed by atoms with Crippen LogP contribution in [-0.4, -0.2) is 32.8 Å². The molecule has 7 nitrogen and oxygen atoms in total. The first kappa shape index (κ1) is 14.2. The van der Waals surface area contributed by atoms with E-state index < -0.39 is 0 Å². The highest BCUT2D eigenvalue weighted by atomic mass is 32.1. The molecule has 0 aliphatic heterocycles. The van der Waals surface area contributed by atoms with Gasteiger partial charge in [-0.2, -0.15) is 0 Å². The Labute approximate surface area is 120 Å². The molecule has 0 aliphatic rings. The topological polar surface area (TPSA) is 101 Å². The Balaban J connectivity index is 2.11. The van der Waals surface area contributed by atoms with Crippen molar-refractivity contribution >= 4 is 22.3 Å². The molecule has 2 heterocycles. The summed E-state index contributed by atoms with van der Waals surface area (Å²) in [6.45, 7) is 3.16. The molecule has 2 aromatic heterocycles. The molecule has 0 unspecified atom stereocenters. The monoisotopic (exact) mass is 292 g/mol. The normalized spacial score (nSPS) is 11.6. The van der Waals surface area contributed by atoms with Crippen molar-refractivity contribution < 1.29 is 5.21 Å². The molecule has 2 rings (SSSR count). The Hall–Kier alpha value is -2.22. The van der Waals surface area contributed by atoms with Gasteiger partial charge < -0.3 is 15.8 Å². The number of aromatic nitrogens is 3. The number of aryl methyl sites for hydroxylation is 1. The van der Waals surface area contributed by atoms with Crippen LogP contribution in [0.15, 0.2) is 29.7 Å². The molecule has 8 heteroatoms. The predicted octanol–water partition coefficient (Wildman–Crippen LogP) is 1.38. The van der Waals surface area contributed by atoms with Crippen LogP contribution < -0.4 is 10.6 Å². The molecular formula is C12H16N6OS. The molecule has 0 fully saturated rings. The maximum atomic E-state index is 8.62. The fourth-order valence-corrected chi connectivity index (χ4v) is 2.38. The number of pyridine rings is 1. The Kier molecular flexibility index (Phi) is 4.83. The zero-order valence-electron chi connectivity index (χ0n) is 11.1. The van der Waals surface area contributed by atoms with Gasteiger partial charge in [-0.1, -0.05) is 22.6 Å². The number of nitrogens with two attached hydrogens (primary N) is 1. The van der Waals surface area contributed by atoms with E-state index in [1.165, 1.54) is 11.3 Å². The van der Waals surface area contributed by atoms with E-state index >= 15 is 0 Å². The second-order valence-corrected chi connectivity index (χ2v) is 5.39. The largest absolute Gasteiger partial charge is 0.409 e. The van der Waals surface area contributed by atoms with Crippen LogP contribution in [0.2, 0.25) is 0 Å². The summed E-state index contributed by atoms with van der Waals surface area (Å²) in [6.07, 6.45) is 4.00. The first-order chi connectivity index (χ1) is 9.69. The molecule has 0 aliphatic carbocycles. The van der Waals surface area contributed by atoms with Crippen LogP contribution in [0.4, 0.5) is 5.13 Å². The number of nitrogens with zero attached hydrogens (tertiary/aromatic N) is 5. The molecule has 2 aromatic rings. The summed E-state index contributed by atoms with van der Waals surface area (Å²) in [5.74, 6) is 0.197. The van der Waals surface area contributed by atoms with Gasteiger partial charge in [0.25, 0.3) is 0 Å². The van der Waals surface area contributed by atoms with Crippen LogP contribution in [-0.2, 0) is 6.54 Å². The molecule has 0 bridgehead atoms. The highest BCUT2D eigenvalue weighted by Crippen LogP contribution is 2.21. The first-order valence-corrected chi connectivity index (χ1v) is 6.91. The minimum Gasteiger partial charge on any atom is -0.409 e. The van der Waals surface area contributed by atoms with Gasteiger partial charge in [0, 0.05) is 31.9 Å². The average molecular weight is 292 g/mol. The smallest absolute Gasteiger partial charge is 0.208 e. The summed E-state index contributed by atoms with van der Waals surface area (Å²) in [5.41, 5.74) is 6.60. The van der Waals surface area contributed by atoms with E-state index in [2.05, 4.69) is 20.3 Å². The zero-order valence-corrected chi connectivity index (χ0v) is 11.9. The van der Waals surface area contributed by atoms with Crippen molar-refractivity contribution in [3.8, 4) is 0 Å². The van der Waals surface area contributed by atoms with Crippen molar-refractivity contribution in [1.29, 1.82) is 0 Å². The zero-order chi connectivity index (χ0) is 14.4. The third-order valence-electron chi connectivity index (χ3n) is 2.65. The molecule has 106 valence electrons. The van der Waals surface area contributed by atoms with Gasteiger partial charge in [0.2, 0.25) is 5.13 Å². The Morgan fingerprint density at radius 1 is 1.50 bits per heavy atom. The summed E-state index contributed by atoms with van der Waals surface area (Å²) >= 11 is 1.51. The molecule has 0 spiro atoms. The fraction of sp³-hybridized carbons (Fsp3) is 0.333. The maximum Gasteiger partial charge on any atom is 0.208 e. The summed E-state index contributed by atoms with van der Waals surface area (Å²) < 4.78 is 0. The summed E-state index contributed by atoms with van der Waals surface area (Å²) in [4.78, 5) is 6.14. The van der Waals surface area contributed by atoms with Gasteiger partial charge in [0.05, 0.1) is 0 Å². The van der Waals surface area contributed by atoms with Crippen LogP contribution in [0.1, 0.15) is 17.0 Å². The van der Waals surface area contributed by atoms with E-state index in [4.69, 9.17) is 10.9 Å². The lowest BCUT2D eigenvalue weighted by molar-refractivity contribution is 0.317. The molecule has 0 saturated carbocycles. The lowest BCUT2D eigenvalue weighted by atomic mass is 10.2. The Bertz CT molecular complexity index is 570. The number of hydrogen-bond acceptors (Lipinski definition) is 7. The van der Waals surface area contributed by atoms with Gasteiger partial charge in [-0.3, -0.25) is 4.98 Å². The Morgan fingerprint density at radius 3 is 2.95 bits per heavy atom. The standard InChI is InChI=1S/C12H16N6OS/c1-9-15-16-12(20-9)18(6-4-11(13)17-19)8-10-3-2-5-14-7-10/h2-3,5,7,19H,4,6,8H2,1H3,(H2,13,17). The van der Waals surface area contributed by atoms with E-state index in [1.807, 2.05) is 30.2 Å². The van der Waals surface area contributed by atoms with E-state index in [9.17, 15) is 0 Å². The van der Waals surface area contributed by atoms with E-state index in [0.29, 0.717) is 19.5 Å². The maximum absolute atomic E-state index is 8.62. The molecule has 0 atom stereocenters. The summed E-state index contributed by atoms with van der Waals surface area (Å²) in [7, 11) is 0. The highest BCUT2D eigenvalue weighted by Gasteiger charge is 2.13. The molecule has 0 aromatic carbocycles. The lowest BCUT2D eigenvalue weighted by Crippen LogP contribution is -2.27. The van der Waals surface area contributed by atoms with Gasteiger partial charge in [0.1, 0.15) is 10.8 Å². The van der Waals surface area contributed by atoms with Gasteiger partial charge in [-0.25, -0.2) is 0 Å². The van der Waals surface area contributed by atoms with Crippen LogP contribution >= 0.6 is 11.3 Å². The molecule has 3 N–H and O–H groups in total. The van der Waals surface area contributed by atoms with E-state index in [0.717, 1.165) is 15.7 Å². The second kappa shape index (κ2) is 6.80. The number of hydrogen-bond donors (Lipinski definition) is 2. The first-order valence-electron chi connectivity index (χ1n) is 6.09. The minimum absolute atomic E-state index is 0.197. The predicted molar refractivity (Wildman–Crippen MR) is 78.0 cm³/mol. The van der Waals surface area contributed by atoms with Crippen molar-refractivity contribution in [2.75, 3.05) is 11.4 Å². The molecule has 0 saturated heterocycles. The third kappa shape index (κ3) is 3.89. The molecular weight excluding hydrogens is 276 g/mol. The van der Waals surface area contributed by atoms with Crippen molar-refractivity contribution in [2.45, 2.75) is 19.9 Å². The number of anilines is 1. The molecule has 0 radical (unpaired) electrons. The minimum atomic E-state index is 0.197. The van der Waals surface area contributed by atoms with E-state index in [-0.39, 0.29) is 5.84 Å². The number of oxime groups is 1. The second-order valence-electron chi connectivity index (χ2n) is 4.23. The van der Waals surface area contributed by atoms with Crippen molar-refractivity contribution in [3.63, 3.8) is 0 Å². The van der Waals surface area contributed by atoms with Crippen molar-refractivity contribution in [2.24, 2.45) is 10.9 Å². The van der Waals surface area contributed by atoms with Crippen molar-refractivity contribution in [3.05, 3.63) is 35.1 Å². The van der Waals surface area contributed by atoms with Crippen LogP contribution in [0.5, 0.6) is 0 Å². The third-order valence-corrected chi connectivity index (χ3v) is 3.55. The number of amidine groups is 1. The molecule has 0 amide bonds. The lowest BCUT2D eigenvalue weighted by Gasteiger charge is -2.20.